The van der Waals surface area contributed by atoms with Crippen LogP contribution in [0, 0.1) is 0 Å². The van der Waals surface area contributed by atoms with Gasteiger partial charge in [0.25, 0.3) is 0 Å². The Morgan fingerprint density at radius 3 is 2.62 bits per heavy atom. The molecule has 0 aromatic carbocycles. The molecule has 1 aliphatic rings. The molecule has 1 N–H and O–H groups in total. The van der Waals surface area contributed by atoms with Gasteiger partial charge in [-0.2, -0.15) is 5.10 Å². The second-order valence-electron chi connectivity index (χ2n) is 4.05. The highest BCUT2D eigenvalue weighted by Gasteiger charge is 2.19. The molecule has 5 nitrogen and oxygen atoms in total. The first kappa shape index (κ1) is 13.0. The van der Waals surface area contributed by atoms with Gasteiger partial charge >= 0.3 is 5.97 Å². The van der Waals surface area contributed by atoms with E-state index in [9.17, 15) is 4.79 Å². The van der Waals surface area contributed by atoms with Crippen LogP contribution in [0.1, 0.15) is 29.2 Å². The lowest BCUT2D eigenvalue weighted by Crippen LogP contribution is -2.31. The summed E-state index contributed by atoms with van der Waals surface area (Å²) >= 11 is 0. The van der Waals surface area contributed by atoms with Gasteiger partial charge in [0.1, 0.15) is 0 Å². The minimum atomic E-state index is -0.908. The van der Waals surface area contributed by atoms with Crippen LogP contribution >= 0.6 is 12.4 Å². The van der Waals surface area contributed by atoms with E-state index in [1.54, 1.807) is 10.9 Å². The first-order valence-electron chi connectivity index (χ1n) is 5.13. The van der Waals surface area contributed by atoms with Gasteiger partial charge in [0.2, 0.25) is 0 Å². The van der Waals surface area contributed by atoms with Crippen molar-refractivity contribution < 1.29 is 9.90 Å². The molecule has 90 valence electrons. The van der Waals surface area contributed by atoms with Crippen molar-refractivity contribution in [2.45, 2.75) is 18.9 Å². The summed E-state index contributed by atoms with van der Waals surface area (Å²) in [6.45, 7) is 2.10. The highest BCUT2D eigenvalue weighted by Crippen LogP contribution is 2.20. The molecule has 1 aromatic heterocycles. The maximum atomic E-state index is 10.7. The van der Waals surface area contributed by atoms with Crippen LogP contribution in [0.4, 0.5) is 0 Å². The predicted octanol–water partition coefficient (Wildman–Crippen LogP) is 1.27. The number of aromatic carboxylic acids is 1. The molecule has 0 unspecified atom stereocenters. The van der Waals surface area contributed by atoms with Crippen LogP contribution in [0.15, 0.2) is 12.4 Å². The highest BCUT2D eigenvalue weighted by molar-refractivity contribution is 5.86. The Morgan fingerprint density at radius 2 is 2.12 bits per heavy atom. The maximum Gasteiger partial charge on any atom is 0.338 e. The molecule has 1 aliphatic heterocycles. The second kappa shape index (κ2) is 5.32. The number of piperidine rings is 1. The van der Waals surface area contributed by atoms with Crippen molar-refractivity contribution in [3.05, 3.63) is 18.0 Å². The molecule has 0 amide bonds. The number of halogens is 1. The molecule has 16 heavy (non-hydrogen) atoms. The molecule has 6 heteroatoms. The first-order valence-corrected chi connectivity index (χ1v) is 5.13. The van der Waals surface area contributed by atoms with E-state index in [1.165, 1.54) is 6.20 Å². The third kappa shape index (κ3) is 2.74. The lowest BCUT2D eigenvalue weighted by molar-refractivity contribution is 0.0696. The van der Waals surface area contributed by atoms with E-state index in [0.29, 0.717) is 6.04 Å². The van der Waals surface area contributed by atoms with Crippen molar-refractivity contribution in [1.82, 2.24) is 14.7 Å². The zero-order valence-corrected chi connectivity index (χ0v) is 9.98. The fraction of sp³-hybridized carbons (Fsp3) is 0.600. The summed E-state index contributed by atoms with van der Waals surface area (Å²) in [6, 6.07) is 0.356. The van der Waals surface area contributed by atoms with E-state index in [1.807, 2.05) is 0 Å². The second-order valence-corrected chi connectivity index (χ2v) is 4.05. The SMILES string of the molecule is CN1CCC(n2cc(C(=O)O)cn2)CC1.Cl. The summed E-state index contributed by atoms with van der Waals surface area (Å²) in [4.78, 5) is 13.0. The van der Waals surface area contributed by atoms with E-state index < -0.39 is 5.97 Å². The maximum absolute atomic E-state index is 10.7. The van der Waals surface area contributed by atoms with Crippen LogP contribution in [0.25, 0.3) is 0 Å². The number of rotatable bonds is 2. The molecule has 2 rings (SSSR count). The molecule has 1 aromatic rings. The Kier molecular flexibility index (Phi) is 4.32. The van der Waals surface area contributed by atoms with Crippen molar-refractivity contribution in [1.29, 1.82) is 0 Å². The number of hydrogen-bond donors (Lipinski definition) is 1. The van der Waals surface area contributed by atoms with Gasteiger partial charge in [-0.1, -0.05) is 0 Å². The van der Waals surface area contributed by atoms with Crippen LogP contribution in [-0.2, 0) is 0 Å². The van der Waals surface area contributed by atoms with Gasteiger partial charge in [-0.25, -0.2) is 4.79 Å². The third-order valence-corrected chi connectivity index (χ3v) is 2.91. The standard InChI is InChI=1S/C10H15N3O2.ClH/c1-12-4-2-9(3-5-12)13-7-8(6-11-13)10(14)15;/h6-7,9H,2-5H2,1H3,(H,14,15);1H. The summed E-state index contributed by atoms with van der Waals surface area (Å²) in [5.41, 5.74) is 0.272. The number of likely N-dealkylation sites (tertiary alicyclic amines) is 1. The monoisotopic (exact) mass is 245 g/mol. The average molecular weight is 246 g/mol. The number of carboxylic acid groups (broad SMARTS) is 1. The first-order chi connectivity index (χ1) is 7.16. The molecule has 2 heterocycles. The van der Waals surface area contributed by atoms with Gasteiger partial charge in [-0.05, 0) is 33.0 Å². The van der Waals surface area contributed by atoms with Crippen LogP contribution in [0.5, 0.6) is 0 Å². The summed E-state index contributed by atoms with van der Waals surface area (Å²) in [5.74, 6) is -0.908. The molecule has 1 saturated heterocycles. The van der Waals surface area contributed by atoms with Crippen LogP contribution in [0.2, 0.25) is 0 Å². The summed E-state index contributed by atoms with van der Waals surface area (Å²) in [6.07, 6.45) is 5.12. The molecule has 0 radical (unpaired) electrons. The van der Waals surface area contributed by atoms with E-state index in [2.05, 4.69) is 17.0 Å². The average Bonchev–Trinajstić information content (AvgIpc) is 2.68. The largest absolute Gasteiger partial charge is 0.478 e. The Hall–Kier alpha value is -1.07. The van der Waals surface area contributed by atoms with E-state index in [4.69, 9.17) is 5.11 Å². The van der Waals surface area contributed by atoms with Gasteiger partial charge in [0, 0.05) is 6.20 Å². The van der Waals surface area contributed by atoms with Gasteiger partial charge < -0.3 is 10.0 Å². The molecule has 0 saturated carbocycles. The number of nitrogens with zero attached hydrogens (tertiary/aromatic N) is 3. The van der Waals surface area contributed by atoms with E-state index in [0.717, 1.165) is 25.9 Å². The smallest absolute Gasteiger partial charge is 0.338 e. The van der Waals surface area contributed by atoms with Crippen LogP contribution in [-0.4, -0.2) is 45.9 Å². The van der Waals surface area contributed by atoms with Crippen LogP contribution < -0.4 is 0 Å². The van der Waals surface area contributed by atoms with Crippen molar-refractivity contribution in [2.75, 3.05) is 20.1 Å². The van der Waals surface area contributed by atoms with Gasteiger partial charge in [-0.15, -0.1) is 12.4 Å². The van der Waals surface area contributed by atoms with Crippen molar-refractivity contribution >= 4 is 18.4 Å². The number of carbonyl (C=O) groups is 1. The summed E-state index contributed by atoms with van der Waals surface area (Å²) < 4.78 is 1.79. The van der Waals surface area contributed by atoms with Crippen molar-refractivity contribution in [3.63, 3.8) is 0 Å². The Balaban J connectivity index is 0.00000128. The fourth-order valence-corrected chi connectivity index (χ4v) is 1.91. The predicted molar refractivity (Wildman–Crippen MR) is 62.2 cm³/mol. The molecule has 0 aliphatic carbocycles. The zero-order chi connectivity index (χ0) is 10.8. The van der Waals surface area contributed by atoms with Crippen LogP contribution in [0.3, 0.4) is 0 Å². The molecule has 0 spiro atoms. The third-order valence-electron chi connectivity index (χ3n) is 2.91. The van der Waals surface area contributed by atoms with E-state index >= 15 is 0 Å². The summed E-state index contributed by atoms with van der Waals surface area (Å²) in [5, 5.41) is 12.9. The Bertz CT molecular complexity index is 359. The number of carboxylic acids is 1. The Labute approximate surface area is 100 Å². The lowest BCUT2D eigenvalue weighted by Gasteiger charge is -2.28. The van der Waals surface area contributed by atoms with Crippen molar-refractivity contribution in [3.8, 4) is 0 Å². The molecule has 0 atom stereocenters. The lowest BCUT2D eigenvalue weighted by atomic mass is 10.1. The normalized spacial score (nSPS) is 18.1. The minimum absolute atomic E-state index is 0. The molecular weight excluding hydrogens is 230 g/mol. The Morgan fingerprint density at radius 1 is 1.50 bits per heavy atom. The zero-order valence-electron chi connectivity index (χ0n) is 9.17. The topological polar surface area (TPSA) is 58.4 Å². The van der Waals surface area contributed by atoms with Gasteiger partial charge in [0.15, 0.2) is 0 Å². The van der Waals surface area contributed by atoms with Gasteiger partial charge in [0.05, 0.1) is 17.8 Å². The summed E-state index contributed by atoms with van der Waals surface area (Å²) in [7, 11) is 2.10. The minimum Gasteiger partial charge on any atom is -0.478 e. The van der Waals surface area contributed by atoms with E-state index in [-0.39, 0.29) is 18.0 Å². The molecular formula is C10H16ClN3O2. The quantitative estimate of drug-likeness (QED) is 0.853. The van der Waals surface area contributed by atoms with Crippen molar-refractivity contribution in [2.24, 2.45) is 0 Å². The number of hydrogen-bond acceptors (Lipinski definition) is 3. The fourth-order valence-electron chi connectivity index (χ4n) is 1.91. The highest BCUT2D eigenvalue weighted by atomic mass is 35.5. The number of aromatic nitrogens is 2. The molecule has 1 fully saturated rings. The van der Waals surface area contributed by atoms with Gasteiger partial charge in [-0.3, -0.25) is 4.68 Å². The molecule has 0 bridgehead atoms.